The topological polar surface area (TPSA) is 64.4 Å². The molecule has 0 fully saturated rings. The average molecular weight is 512 g/mol. The highest BCUT2D eigenvalue weighted by Gasteiger charge is 2.29. The Morgan fingerprint density at radius 1 is 0.974 bits per heavy atom. The first kappa shape index (κ1) is 27.1. The van der Waals surface area contributed by atoms with E-state index in [4.69, 9.17) is 9.72 Å². The predicted molar refractivity (Wildman–Crippen MR) is 153 cm³/mol. The van der Waals surface area contributed by atoms with Crippen molar-refractivity contribution in [1.82, 2.24) is 14.5 Å². The van der Waals surface area contributed by atoms with Gasteiger partial charge in [-0.1, -0.05) is 75.4 Å². The molecule has 1 heterocycles. The van der Waals surface area contributed by atoms with Crippen molar-refractivity contribution in [3.63, 3.8) is 0 Å². The number of hydrogen-bond acceptors (Lipinski definition) is 4. The maximum Gasteiger partial charge on any atom is 0.266 e. The van der Waals surface area contributed by atoms with Crippen LogP contribution in [0.2, 0.25) is 0 Å². The van der Waals surface area contributed by atoms with Crippen molar-refractivity contribution >= 4 is 16.8 Å². The summed E-state index contributed by atoms with van der Waals surface area (Å²) >= 11 is 0. The molecule has 4 rings (SSSR count). The zero-order valence-corrected chi connectivity index (χ0v) is 22.8. The molecule has 0 spiro atoms. The van der Waals surface area contributed by atoms with Crippen LogP contribution in [0.5, 0.6) is 5.75 Å². The number of nitrogens with zero attached hydrogens (tertiary/aromatic N) is 3. The largest absolute Gasteiger partial charge is 0.495 e. The number of benzene rings is 3. The molecule has 0 saturated heterocycles. The lowest BCUT2D eigenvalue weighted by atomic mass is 10.0. The van der Waals surface area contributed by atoms with Gasteiger partial charge in [0.05, 0.1) is 29.7 Å². The number of rotatable bonds is 11. The Morgan fingerprint density at radius 3 is 2.37 bits per heavy atom. The molecule has 0 aliphatic heterocycles. The first-order chi connectivity index (χ1) is 18.4. The van der Waals surface area contributed by atoms with Crippen molar-refractivity contribution in [2.24, 2.45) is 5.92 Å². The lowest BCUT2D eigenvalue weighted by Gasteiger charge is -2.33. The van der Waals surface area contributed by atoms with E-state index in [2.05, 4.69) is 13.8 Å². The van der Waals surface area contributed by atoms with Crippen molar-refractivity contribution in [2.75, 3.05) is 13.7 Å². The molecule has 1 aromatic heterocycles. The number of carbonyl (C=O) groups excluding carboxylic acids is 1. The standard InChI is InChI=1S/C32H37N3O3/c1-5-27(34(22-21-23(2)3)30(36)20-19-24-13-7-6-8-14-24)31-33-26-16-10-9-15-25(26)32(37)35(31)28-17-11-12-18-29(28)38-4/h6-18,23,27H,5,19-22H2,1-4H3. The van der Waals surface area contributed by atoms with Crippen molar-refractivity contribution < 1.29 is 9.53 Å². The van der Waals surface area contributed by atoms with Crippen LogP contribution in [0.25, 0.3) is 16.6 Å². The minimum atomic E-state index is -0.376. The molecule has 6 nitrogen and oxygen atoms in total. The predicted octanol–water partition coefficient (Wildman–Crippen LogP) is 6.35. The number of aryl methyl sites for hydroxylation is 1. The molecule has 1 atom stereocenters. The third kappa shape index (κ3) is 5.96. The average Bonchev–Trinajstić information content (AvgIpc) is 2.94. The van der Waals surface area contributed by atoms with E-state index in [1.165, 1.54) is 0 Å². The second kappa shape index (κ2) is 12.5. The van der Waals surface area contributed by atoms with E-state index in [9.17, 15) is 9.59 Å². The number of carbonyl (C=O) groups is 1. The number of aromatic nitrogens is 2. The number of hydrogen-bond donors (Lipinski definition) is 0. The van der Waals surface area contributed by atoms with Gasteiger partial charge in [0.1, 0.15) is 11.6 Å². The molecule has 1 amide bonds. The second-order valence-corrected chi connectivity index (χ2v) is 9.98. The zero-order chi connectivity index (χ0) is 27.1. The lowest BCUT2D eigenvalue weighted by Crippen LogP contribution is -2.39. The molecule has 38 heavy (non-hydrogen) atoms. The van der Waals surface area contributed by atoms with Crippen molar-refractivity contribution in [1.29, 1.82) is 0 Å². The van der Waals surface area contributed by atoms with E-state index >= 15 is 0 Å². The summed E-state index contributed by atoms with van der Waals surface area (Å²) in [5.41, 5.74) is 2.20. The molecular formula is C32H37N3O3. The molecule has 1 unspecified atom stereocenters. The fourth-order valence-corrected chi connectivity index (χ4v) is 4.85. The molecule has 198 valence electrons. The Kier molecular flexibility index (Phi) is 8.95. The van der Waals surface area contributed by atoms with Gasteiger partial charge in [-0.2, -0.15) is 0 Å². The minimum absolute atomic E-state index is 0.0651. The summed E-state index contributed by atoms with van der Waals surface area (Å²) in [7, 11) is 1.59. The molecule has 6 heteroatoms. The summed E-state index contributed by atoms with van der Waals surface area (Å²) in [6, 6.07) is 24.5. The van der Waals surface area contributed by atoms with Crippen LogP contribution < -0.4 is 10.3 Å². The minimum Gasteiger partial charge on any atom is -0.495 e. The molecule has 0 N–H and O–H groups in total. The van der Waals surface area contributed by atoms with Crippen molar-refractivity contribution in [3.8, 4) is 11.4 Å². The summed E-state index contributed by atoms with van der Waals surface area (Å²) in [5, 5.41) is 0.529. The van der Waals surface area contributed by atoms with Crippen molar-refractivity contribution in [3.05, 3.63) is 101 Å². The van der Waals surface area contributed by atoms with Crippen LogP contribution in [0.3, 0.4) is 0 Å². The summed E-state index contributed by atoms with van der Waals surface area (Å²) in [4.78, 5) is 34.7. The van der Waals surface area contributed by atoms with E-state index in [-0.39, 0.29) is 17.5 Å². The van der Waals surface area contributed by atoms with E-state index < -0.39 is 0 Å². The third-order valence-electron chi connectivity index (χ3n) is 6.93. The van der Waals surface area contributed by atoms with E-state index in [0.29, 0.717) is 59.9 Å². The summed E-state index contributed by atoms with van der Waals surface area (Å²) in [6.45, 7) is 6.96. The maximum atomic E-state index is 14.0. The van der Waals surface area contributed by atoms with Crippen LogP contribution in [0.1, 0.15) is 57.5 Å². The first-order valence-corrected chi connectivity index (χ1v) is 13.4. The molecule has 0 bridgehead atoms. The maximum absolute atomic E-state index is 14.0. The third-order valence-corrected chi connectivity index (χ3v) is 6.93. The fourth-order valence-electron chi connectivity index (χ4n) is 4.85. The summed E-state index contributed by atoms with van der Waals surface area (Å²) in [6.07, 6.45) is 2.54. The molecule has 0 aliphatic carbocycles. The van der Waals surface area contributed by atoms with Gasteiger partial charge in [0.15, 0.2) is 0 Å². The van der Waals surface area contributed by atoms with Crippen LogP contribution in [0.4, 0.5) is 0 Å². The summed E-state index contributed by atoms with van der Waals surface area (Å²) in [5.74, 6) is 1.62. The van der Waals surface area contributed by atoms with Crippen LogP contribution in [0.15, 0.2) is 83.7 Å². The first-order valence-electron chi connectivity index (χ1n) is 13.4. The van der Waals surface area contributed by atoms with Gasteiger partial charge in [-0.05, 0) is 55.0 Å². The Labute approximate surface area is 224 Å². The van der Waals surface area contributed by atoms with E-state index in [1.807, 2.05) is 84.6 Å². The van der Waals surface area contributed by atoms with Crippen LogP contribution in [0, 0.1) is 5.92 Å². The van der Waals surface area contributed by atoms with Gasteiger partial charge in [-0.15, -0.1) is 0 Å². The van der Waals surface area contributed by atoms with Gasteiger partial charge in [0.2, 0.25) is 5.91 Å². The number of fused-ring (bicyclic) bond motifs is 1. The molecule has 0 saturated carbocycles. The Hall–Kier alpha value is -3.93. The molecule has 0 radical (unpaired) electrons. The molecule has 0 aliphatic rings. The van der Waals surface area contributed by atoms with Gasteiger partial charge in [-0.25, -0.2) is 4.98 Å². The zero-order valence-electron chi connectivity index (χ0n) is 22.8. The van der Waals surface area contributed by atoms with Gasteiger partial charge < -0.3 is 9.64 Å². The van der Waals surface area contributed by atoms with Gasteiger partial charge in [0.25, 0.3) is 5.56 Å². The van der Waals surface area contributed by atoms with Crippen LogP contribution in [-0.4, -0.2) is 34.0 Å². The second-order valence-electron chi connectivity index (χ2n) is 9.98. The molecule has 4 aromatic rings. The Balaban J connectivity index is 1.84. The summed E-state index contributed by atoms with van der Waals surface area (Å²) < 4.78 is 7.28. The monoisotopic (exact) mass is 511 g/mol. The Morgan fingerprint density at radius 2 is 1.66 bits per heavy atom. The fraction of sp³-hybridized carbons (Fsp3) is 0.344. The number of methoxy groups -OCH3 is 1. The highest BCUT2D eigenvalue weighted by molar-refractivity contribution is 5.79. The molecule has 3 aromatic carbocycles. The van der Waals surface area contributed by atoms with Gasteiger partial charge in [-0.3, -0.25) is 14.2 Å². The smallest absolute Gasteiger partial charge is 0.266 e. The lowest BCUT2D eigenvalue weighted by molar-refractivity contribution is -0.134. The van der Waals surface area contributed by atoms with Gasteiger partial charge in [0, 0.05) is 13.0 Å². The Bertz CT molecular complexity index is 1430. The van der Waals surface area contributed by atoms with Gasteiger partial charge >= 0.3 is 0 Å². The van der Waals surface area contributed by atoms with Crippen LogP contribution in [-0.2, 0) is 11.2 Å². The number of amides is 1. The quantitative estimate of drug-likeness (QED) is 0.235. The normalized spacial score (nSPS) is 12.0. The van der Waals surface area contributed by atoms with Crippen LogP contribution >= 0.6 is 0 Å². The SMILES string of the molecule is CCC(c1nc2ccccc2c(=O)n1-c1ccccc1OC)N(CCC(C)C)C(=O)CCc1ccccc1. The van der Waals surface area contributed by atoms with E-state index in [1.54, 1.807) is 17.7 Å². The number of para-hydroxylation sites is 3. The van der Waals surface area contributed by atoms with Crippen molar-refractivity contribution in [2.45, 2.75) is 52.5 Å². The van der Waals surface area contributed by atoms with E-state index in [0.717, 1.165) is 12.0 Å². The number of ether oxygens (including phenoxy) is 1. The highest BCUT2D eigenvalue weighted by atomic mass is 16.5. The highest BCUT2D eigenvalue weighted by Crippen LogP contribution is 2.30. The molecular weight excluding hydrogens is 474 g/mol.